The van der Waals surface area contributed by atoms with Crippen molar-refractivity contribution in [3.05, 3.63) is 12.8 Å². The second-order valence-electron chi connectivity index (χ2n) is 2.32. The van der Waals surface area contributed by atoms with Crippen LogP contribution in [0.1, 0.15) is 0 Å². The Morgan fingerprint density at radius 1 is 1.58 bits per heavy atom. The maximum atomic E-state index is 9.16. The lowest BCUT2D eigenvalue weighted by atomic mass is 10.4. The molecule has 0 rings (SSSR count). The standard InChI is InChI=1S/C8H17NO3/c1-3-11-4-5-12-7-8(10)6-9-2/h3,8-10H,1,4-7H2,2H3/t8-/m1/s1. The minimum atomic E-state index is -0.446. The number of hydrogen-bond donors (Lipinski definition) is 2. The van der Waals surface area contributed by atoms with Gasteiger partial charge in [-0.2, -0.15) is 0 Å². The van der Waals surface area contributed by atoms with Gasteiger partial charge in [0.2, 0.25) is 0 Å². The first-order valence-corrected chi connectivity index (χ1v) is 3.94. The second kappa shape index (κ2) is 8.52. The number of aliphatic hydroxyl groups is 1. The van der Waals surface area contributed by atoms with Gasteiger partial charge in [-0.25, -0.2) is 0 Å². The normalized spacial score (nSPS) is 12.5. The Morgan fingerprint density at radius 3 is 2.92 bits per heavy atom. The third-order valence-corrected chi connectivity index (χ3v) is 1.21. The third-order valence-electron chi connectivity index (χ3n) is 1.21. The summed E-state index contributed by atoms with van der Waals surface area (Å²) in [6, 6.07) is 0. The fourth-order valence-electron chi connectivity index (χ4n) is 0.704. The number of nitrogens with one attached hydrogen (secondary N) is 1. The fourth-order valence-corrected chi connectivity index (χ4v) is 0.704. The van der Waals surface area contributed by atoms with Crippen molar-refractivity contribution in [1.82, 2.24) is 5.32 Å². The lowest BCUT2D eigenvalue weighted by Crippen LogP contribution is -2.28. The molecular formula is C8H17NO3. The summed E-state index contributed by atoms with van der Waals surface area (Å²) in [5.41, 5.74) is 0. The maximum Gasteiger partial charge on any atom is 0.111 e. The first-order chi connectivity index (χ1) is 5.81. The van der Waals surface area contributed by atoms with Crippen LogP contribution >= 0.6 is 0 Å². The Kier molecular flexibility index (Phi) is 8.10. The molecule has 1 atom stereocenters. The Morgan fingerprint density at radius 2 is 2.33 bits per heavy atom. The van der Waals surface area contributed by atoms with E-state index in [1.54, 1.807) is 7.05 Å². The molecule has 2 N–H and O–H groups in total. The van der Waals surface area contributed by atoms with E-state index < -0.39 is 6.10 Å². The van der Waals surface area contributed by atoms with Crippen molar-refractivity contribution >= 4 is 0 Å². The Balaban J connectivity index is 3.02. The zero-order valence-electron chi connectivity index (χ0n) is 7.45. The quantitative estimate of drug-likeness (QED) is 0.394. The lowest BCUT2D eigenvalue weighted by molar-refractivity contribution is 0.0201. The highest BCUT2D eigenvalue weighted by Crippen LogP contribution is 1.84. The largest absolute Gasteiger partial charge is 0.499 e. The van der Waals surface area contributed by atoms with Gasteiger partial charge in [-0.05, 0) is 7.05 Å². The van der Waals surface area contributed by atoms with Crippen LogP contribution in [0.4, 0.5) is 0 Å². The molecule has 0 saturated heterocycles. The summed E-state index contributed by atoms with van der Waals surface area (Å²) in [5.74, 6) is 0. The van der Waals surface area contributed by atoms with Gasteiger partial charge in [-0.15, -0.1) is 0 Å². The predicted molar refractivity (Wildman–Crippen MR) is 46.9 cm³/mol. The minimum Gasteiger partial charge on any atom is -0.499 e. The molecule has 0 aliphatic heterocycles. The van der Waals surface area contributed by atoms with Gasteiger partial charge >= 0.3 is 0 Å². The summed E-state index contributed by atoms with van der Waals surface area (Å²) in [4.78, 5) is 0. The van der Waals surface area contributed by atoms with Crippen molar-refractivity contribution in [2.24, 2.45) is 0 Å². The van der Waals surface area contributed by atoms with Gasteiger partial charge in [-0.3, -0.25) is 0 Å². The number of hydrogen-bond acceptors (Lipinski definition) is 4. The predicted octanol–water partition coefficient (Wildman–Crippen LogP) is -0.257. The molecule has 0 aromatic heterocycles. The molecule has 72 valence electrons. The van der Waals surface area contributed by atoms with E-state index in [0.717, 1.165) is 0 Å². The molecule has 0 amide bonds. The summed E-state index contributed by atoms with van der Waals surface area (Å²) >= 11 is 0. The molecule has 0 radical (unpaired) electrons. The first-order valence-electron chi connectivity index (χ1n) is 3.94. The lowest BCUT2D eigenvalue weighted by Gasteiger charge is -2.09. The van der Waals surface area contributed by atoms with Gasteiger partial charge in [0, 0.05) is 6.54 Å². The zero-order chi connectivity index (χ0) is 9.23. The van der Waals surface area contributed by atoms with Crippen LogP contribution in [0, 0.1) is 0 Å². The number of rotatable bonds is 8. The van der Waals surface area contributed by atoms with Gasteiger partial charge in [0.05, 0.1) is 25.6 Å². The van der Waals surface area contributed by atoms with Crippen molar-refractivity contribution < 1.29 is 14.6 Å². The van der Waals surface area contributed by atoms with Gasteiger partial charge in [0.15, 0.2) is 0 Å². The maximum absolute atomic E-state index is 9.16. The Labute approximate surface area is 73.2 Å². The van der Waals surface area contributed by atoms with E-state index in [0.29, 0.717) is 26.4 Å². The van der Waals surface area contributed by atoms with Crippen molar-refractivity contribution in [2.45, 2.75) is 6.10 Å². The summed E-state index contributed by atoms with van der Waals surface area (Å²) in [6.07, 6.45) is 0.923. The molecule has 0 heterocycles. The molecule has 0 aromatic carbocycles. The summed E-state index contributed by atoms with van der Waals surface area (Å²) < 4.78 is 9.90. The second-order valence-corrected chi connectivity index (χ2v) is 2.32. The minimum absolute atomic E-state index is 0.335. The highest BCUT2D eigenvalue weighted by atomic mass is 16.5. The van der Waals surface area contributed by atoms with Crippen molar-refractivity contribution in [3.8, 4) is 0 Å². The van der Waals surface area contributed by atoms with Crippen LogP contribution in [0.5, 0.6) is 0 Å². The van der Waals surface area contributed by atoms with Crippen LogP contribution in [-0.2, 0) is 9.47 Å². The highest BCUT2D eigenvalue weighted by Gasteiger charge is 2.00. The fraction of sp³-hybridized carbons (Fsp3) is 0.750. The average Bonchev–Trinajstić information content (AvgIpc) is 2.05. The zero-order valence-corrected chi connectivity index (χ0v) is 7.45. The van der Waals surface area contributed by atoms with E-state index in [-0.39, 0.29) is 0 Å². The van der Waals surface area contributed by atoms with Crippen LogP contribution < -0.4 is 5.32 Å². The molecule has 0 aliphatic rings. The van der Waals surface area contributed by atoms with Crippen LogP contribution in [-0.4, -0.2) is 44.6 Å². The van der Waals surface area contributed by atoms with Gasteiger partial charge in [0.25, 0.3) is 0 Å². The topological polar surface area (TPSA) is 50.7 Å². The van der Waals surface area contributed by atoms with Crippen LogP contribution in [0.25, 0.3) is 0 Å². The van der Waals surface area contributed by atoms with Gasteiger partial charge in [-0.1, -0.05) is 6.58 Å². The molecule has 0 fully saturated rings. The third kappa shape index (κ3) is 7.53. The van der Waals surface area contributed by atoms with E-state index in [2.05, 4.69) is 11.9 Å². The number of ether oxygens (including phenoxy) is 2. The molecular weight excluding hydrogens is 158 g/mol. The van der Waals surface area contributed by atoms with E-state index in [9.17, 15) is 0 Å². The van der Waals surface area contributed by atoms with Crippen molar-refractivity contribution in [1.29, 1.82) is 0 Å². The molecule has 0 unspecified atom stereocenters. The Hall–Kier alpha value is -0.580. The van der Waals surface area contributed by atoms with E-state index in [1.807, 2.05) is 0 Å². The van der Waals surface area contributed by atoms with Gasteiger partial charge in [0.1, 0.15) is 6.61 Å². The molecule has 12 heavy (non-hydrogen) atoms. The molecule has 0 spiro atoms. The van der Waals surface area contributed by atoms with Crippen LogP contribution in [0.3, 0.4) is 0 Å². The summed E-state index contributed by atoms with van der Waals surface area (Å²) in [5, 5.41) is 12.0. The first kappa shape index (κ1) is 11.4. The number of aliphatic hydroxyl groups excluding tert-OH is 1. The van der Waals surface area contributed by atoms with Crippen LogP contribution in [0.15, 0.2) is 12.8 Å². The van der Waals surface area contributed by atoms with Crippen molar-refractivity contribution in [3.63, 3.8) is 0 Å². The van der Waals surface area contributed by atoms with E-state index in [4.69, 9.17) is 14.6 Å². The summed E-state index contributed by atoms with van der Waals surface area (Å²) in [7, 11) is 1.78. The van der Waals surface area contributed by atoms with E-state index in [1.165, 1.54) is 6.26 Å². The molecule has 0 saturated carbocycles. The van der Waals surface area contributed by atoms with E-state index >= 15 is 0 Å². The molecule has 4 nitrogen and oxygen atoms in total. The smallest absolute Gasteiger partial charge is 0.111 e. The monoisotopic (exact) mass is 175 g/mol. The van der Waals surface area contributed by atoms with Crippen LogP contribution in [0.2, 0.25) is 0 Å². The Bertz CT molecular complexity index is 108. The molecule has 4 heteroatoms. The molecule has 0 aliphatic carbocycles. The van der Waals surface area contributed by atoms with Crippen molar-refractivity contribution in [2.75, 3.05) is 33.4 Å². The SMILES string of the molecule is C=COCCOC[C@H](O)CNC. The number of likely N-dealkylation sites (N-methyl/N-ethyl adjacent to an activating group) is 1. The van der Waals surface area contributed by atoms with Gasteiger partial charge < -0.3 is 19.9 Å². The summed E-state index contributed by atoms with van der Waals surface area (Å²) in [6.45, 7) is 5.23. The highest BCUT2D eigenvalue weighted by molar-refractivity contribution is 4.55. The molecule has 0 bridgehead atoms. The average molecular weight is 175 g/mol. The molecule has 0 aromatic rings.